The molecule has 4 heteroatoms. The fourth-order valence-corrected chi connectivity index (χ4v) is 1.31. The zero-order chi connectivity index (χ0) is 10.7. The average molecular weight is 194 g/mol. The fraction of sp³-hybridized carbons (Fsp3) is 0.400. The van der Waals surface area contributed by atoms with Crippen molar-refractivity contribution >= 4 is 7.12 Å². The maximum atomic E-state index is 9.57. The summed E-state index contributed by atoms with van der Waals surface area (Å²) < 4.78 is 0. The Labute approximate surface area is 84.2 Å². The molecule has 0 aromatic heterocycles. The Kier molecular flexibility index (Phi) is 3.55. The van der Waals surface area contributed by atoms with Crippen LogP contribution in [-0.2, 0) is 6.32 Å². The van der Waals surface area contributed by atoms with Crippen LogP contribution in [0, 0.1) is 0 Å². The van der Waals surface area contributed by atoms with E-state index in [0.717, 1.165) is 5.56 Å². The van der Waals surface area contributed by atoms with Crippen LogP contribution < -0.4 is 0 Å². The first-order chi connectivity index (χ1) is 6.50. The summed E-state index contributed by atoms with van der Waals surface area (Å²) in [5.74, 6) is 0.485. The van der Waals surface area contributed by atoms with Crippen LogP contribution in [-0.4, -0.2) is 22.3 Å². The van der Waals surface area contributed by atoms with E-state index in [9.17, 15) is 5.11 Å². The third-order valence-corrected chi connectivity index (χ3v) is 2.18. The largest absolute Gasteiger partial charge is 0.508 e. The number of phenolic OH excluding ortho intramolecular Hbond substituents is 1. The first-order valence-corrected chi connectivity index (χ1v) is 4.68. The van der Waals surface area contributed by atoms with Crippen LogP contribution in [0.25, 0.3) is 0 Å². The van der Waals surface area contributed by atoms with Crippen molar-refractivity contribution in [3.63, 3.8) is 0 Å². The van der Waals surface area contributed by atoms with Crippen LogP contribution >= 0.6 is 0 Å². The summed E-state index contributed by atoms with van der Waals surface area (Å²) in [6.45, 7) is 4.07. The molecule has 0 atom stereocenters. The van der Waals surface area contributed by atoms with Crippen molar-refractivity contribution in [1.82, 2.24) is 0 Å². The van der Waals surface area contributed by atoms with Crippen molar-refractivity contribution in [2.24, 2.45) is 0 Å². The number of hydrogen-bond acceptors (Lipinski definition) is 3. The minimum Gasteiger partial charge on any atom is -0.508 e. The molecule has 0 aliphatic heterocycles. The van der Waals surface area contributed by atoms with Gasteiger partial charge in [-0.15, -0.1) is 0 Å². The lowest BCUT2D eigenvalue weighted by Gasteiger charge is -2.09. The molecule has 0 radical (unpaired) electrons. The van der Waals surface area contributed by atoms with Crippen molar-refractivity contribution < 1.29 is 15.2 Å². The molecule has 76 valence electrons. The van der Waals surface area contributed by atoms with Crippen LogP contribution in [0.15, 0.2) is 18.2 Å². The third kappa shape index (κ3) is 2.75. The van der Waals surface area contributed by atoms with Crippen LogP contribution in [0.3, 0.4) is 0 Å². The van der Waals surface area contributed by atoms with Gasteiger partial charge >= 0.3 is 7.12 Å². The van der Waals surface area contributed by atoms with E-state index in [4.69, 9.17) is 10.0 Å². The molecule has 0 saturated heterocycles. The summed E-state index contributed by atoms with van der Waals surface area (Å²) in [6, 6.07) is 5.29. The van der Waals surface area contributed by atoms with Gasteiger partial charge in [-0.1, -0.05) is 26.0 Å². The molecule has 14 heavy (non-hydrogen) atoms. The molecule has 1 aromatic rings. The Bertz CT molecular complexity index is 310. The zero-order valence-electron chi connectivity index (χ0n) is 8.44. The summed E-state index contributed by atoms with van der Waals surface area (Å²) in [5.41, 5.74) is 1.60. The first-order valence-electron chi connectivity index (χ1n) is 4.68. The predicted octanol–water partition coefficient (Wildman–Crippen LogP) is 1.07. The summed E-state index contributed by atoms with van der Waals surface area (Å²) in [5, 5.41) is 27.1. The van der Waals surface area contributed by atoms with E-state index >= 15 is 0 Å². The Morgan fingerprint density at radius 1 is 1.29 bits per heavy atom. The number of hydrogen-bond donors (Lipinski definition) is 3. The Hall–Kier alpha value is -0.995. The van der Waals surface area contributed by atoms with Crippen molar-refractivity contribution in [3.8, 4) is 5.75 Å². The standard InChI is InChI=1S/C10H15BO3/c1-7(2)8-3-4-9(6-11(13)14)10(12)5-8/h3-5,7,12-14H,6H2,1-2H3. The van der Waals surface area contributed by atoms with Crippen LogP contribution in [0.5, 0.6) is 5.75 Å². The second-order valence-corrected chi connectivity index (χ2v) is 3.73. The molecule has 0 aliphatic carbocycles. The summed E-state index contributed by atoms with van der Waals surface area (Å²) in [7, 11) is -1.41. The maximum Gasteiger partial charge on any atom is 0.456 e. The lowest BCUT2D eigenvalue weighted by Crippen LogP contribution is -2.15. The fourth-order valence-electron chi connectivity index (χ4n) is 1.31. The van der Waals surface area contributed by atoms with Crippen molar-refractivity contribution in [3.05, 3.63) is 29.3 Å². The molecule has 0 amide bonds. The van der Waals surface area contributed by atoms with Gasteiger partial charge in [-0.05, 0) is 23.1 Å². The van der Waals surface area contributed by atoms with Gasteiger partial charge < -0.3 is 15.2 Å². The zero-order valence-corrected chi connectivity index (χ0v) is 8.44. The molecule has 3 N–H and O–H groups in total. The number of rotatable bonds is 3. The first kappa shape index (κ1) is 11.1. The van der Waals surface area contributed by atoms with E-state index in [2.05, 4.69) is 0 Å². The average Bonchev–Trinajstić information content (AvgIpc) is 2.07. The second-order valence-electron chi connectivity index (χ2n) is 3.73. The molecule has 0 fully saturated rings. The van der Waals surface area contributed by atoms with Crippen molar-refractivity contribution in [2.45, 2.75) is 26.1 Å². The molecule has 0 saturated carbocycles. The van der Waals surface area contributed by atoms with E-state index in [1.165, 1.54) is 0 Å². The molecule has 0 spiro atoms. The van der Waals surface area contributed by atoms with Gasteiger partial charge in [0.05, 0.1) is 0 Å². The van der Waals surface area contributed by atoms with Crippen molar-refractivity contribution in [1.29, 1.82) is 0 Å². The van der Waals surface area contributed by atoms with Gasteiger partial charge in [0.25, 0.3) is 0 Å². The highest BCUT2D eigenvalue weighted by molar-refractivity contribution is 6.40. The van der Waals surface area contributed by atoms with E-state index in [1.54, 1.807) is 12.1 Å². The summed E-state index contributed by atoms with van der Waals surface area (Å²) >= 11 is 0. The van der Waals surface area contributed by atoms with Crippen LogP contribution in [0.1, 0.15) is 30.9 Å². The van der Waals surface area contributed by atoms with E-state index in [0.29, 0.717) is 11.5 Å². The van der Waals surface area contributed by atoms with Gasteiger partial charge in [0.15, 0.2) is 0 Å². The van der Waals surface area contributed by atoms with E-state index in [-0.39, 0.29) is 12.1 Å². The molecular weight excluding hydrogens is 179 g/mol. The lowest BCUT2D eigenvalue weighted by atomic mass is 9.81. The maximum absolute atomic E-state index is 9.57. The molecule has 0 bridgehead atoms. The molecular formula is C10H15BO3. The molecule has 0 aliphatic rings. The number of aromatic hydroxyl groups is 1. The van der Waals surface area contributed by atoms with E-state index < -0.39 is 7.12 Å². The van der Waals surface area contributed by atoms with Gasteiger partial charge in [-0.3, -0.25) is 0 Å². The molecule has 0 heterocycles. The Morgan fingerprint density at radius 2 is 1.93 bits per heavy atom. The number of phenols is 1. The lowest BCUT2D eigenvalue weighted by molar-refractivity contribution is 0.402. The molecule has 0 unspecified atom stereocenters. The van der Waals surface area contributed by atoms with Crippen LogP contribution in [0.2, 0.25) is 0 Å². The quantitative estimate of drug-likeness (QED) is 0.630. The monoisotopic (exact) mass is 194 g/mol. The smallest absolute Gasteiger partial charge is 0.456 e. The van der Waals surface area contributed by atoms with Gasteiger partial charge in [0.1, 0.15) is 5.75 Å². The van der Waals surface area contributed by atoms with E-state index in [1.807, 2.05) is 19.9 Å². The second kappa shape index (κ2) is 4.48. The van der Waals surface area contributed by atoms with Gasteiger partial charge in [-0.2, -0.15) is 0 Å². The number of benzene rings is 1. The SMILES string of the molecule is CC(C)c1ccc(CB(O)O)c(O)c1. The topological polar surface area (TPSA) is 60.7 Å². The summed E-state index contributed by atoms with van der Waals surface area (Å²) in [6.07, 6.45) is 0.0597. The minimum atomic E-state index is -1.41. The predicted molar refractivity (Wildman–Crippen MR) is 56.1 cm³/mol. The highest BCUT2D eigenvalue weighted by Crippen LogP contribution is 2.24. The Balaban J connectivity index is 2.90. The highest BCUT2D eigenvalue weighted by atomic mass is 16.4. The van der Waals surface area contributed by atoms with Crippen LogP contribution in [0.4, 0.5) is 0 Å². The molecule has 3 nitrogen and oxygen atoms in total. The van der Waals surface area contributed by atoms with Gasteiger partial charge in [0, 0.05) is 6.32 Å². The molecule has 1 rings (SSSR count). The summed E-state index contributed by atoms with van der Waals surface area (Å²) in [4.78, 5) is 0. The highest BCUT2D eigenvalue weighted by Gasteiger charge is 2.12. The third-order valence-electron chi connectivity index (χ3n) is 2.18. The normalized spacial score (nSPS) is 10.6. The van der Waals surface area contributed by atoms with Gasteiger partial charge in [0.2, 0.25) is 0 Å². The van der Waals surface area contributed by atoms with Gasteiger partial charge in [-0.25, -0.2) is 0 Å². The minimum absolute atomic E-state index is 0.0597. The molecule has 1 aromatic carbocycles. The Morgan fingerprint density at radius 3 is 2.36 bits per heavy atom. The van der Waals surface area contributed by atoms with Crippen molar-refractivity contribution in [2.75, 3.05) is 0 Å².